The predicted molar refractivity (Wildman–Crippen MR) is 77.6 cm³/mol. The lowest BCUT2D eigenvalue weighted by Gasteiger charge is -2.14. The zero-order chi connectivity index (χ0) is 15.5. The Morgan fingerprint density at radius 2 is 2.00 bits per heavy atom. The molecule has 2 rings (SSSR count). The number of benzene rings is 1. The number of aromatic nitrogens is 1. The standard InChI is InChI=1S/C14H12ClF3N2S/c1-19-7-9-2-4-11(6-12(9)14(16,17)18)21-13-5-3-10(15)8-20-13/h2-6,8,19H,7H2,1H3. The van der Waals surface area contributed by atoms with Gasteiger partial charge in [-0.05, 0) is 36.9 Å². The fraction of sp³-hybridized carbons (Fsp3) is 0.214. The van der Waals surface area contributed by atoms with Crippen LogP contribution in [0.2, 0.25) is 5.02 Å². The van der Waals surface area contributed by atoms with Crippen molar-refractivity contribution in [2.45, 2.75) is 22.6 Å². The van der Waals surface area contributed by atoms with Crippen LogP contribution >= 0.6 is 23.4 Å². The minimum atomic E-state index is -4.38. The van der Waals surface area contributed by atoms with E-state index in [9.17, 15) is 13.2 Å². The maximum absolute atomic E-state index is 13.1. The zero-order valence-electron chi connectivity index (χ0n) is 11.0. The van der Waals surface area contributed by atoms with Gasteiger partial charge in [0, 0.05) is 17.6 Å². The van der Waals surface area contributed by atoms with Crippen LogP contribution in [0.3, 0.4) is 0 Å². The Kier molecular flexibility index (Phi) is 5.13. The first-order valence-electron chi connectivity index (χ1n) is 6.04. The predicted octanol–water partition coefficient (Wildman–Crippen LogP) is 4.62. The van der Waals surface area contributed by atoms with Crippen LogP contribution in [0.15, 0.2) is 46.5 Å². The Bertz CT molecular complexity index is 615. The van der Waals surface area contributed by atoms with Crippen molar-refractivity contribution in [2.75, 3.05) is 7.05 Å². The highest BCUT2D eigenvalue weighted by Gasteiger charge is 2.33. The van der Waals surface area contributed by atoms with Crippen molar-refractivity contribution in [3.63, 3.8) is 0 Å². The number of rotatable bonds is 4. The number of nitrogens with zero attached hydrogens (tertiary/aromatic N) is 1. The van der Waals surface area contributed by atoms with Crippen molar-refractivity contribution in [2.24, 2.45) is 0 Å². The van der Waals surface area contributed by atoms with Gasteiger partial charge >= 0.3 is 6.18 Å². The molecule has 0 atom stereocenters. The molecule has 0 bridgehead atoms. The molecule has 21 heavy (non-hydrogen) atoms. The van der Waals surface area contributed by atoms with Crippen LogP contribution in [0, 0.1) is 0 Å². The van der Waals surface area contributed by atoms with Gasteiger partial charge in [-0.2, -0.15) is 13.2 Å². The first-order valence-corrected chi connectivity index (χ1v) is 7.23. The van der Waals surface area contributed by atoms with Gasteiger partial charge in [-0.25, -0.2) is 4.98 Å². The van der Waals surface area contributed by atoms with Crippen LogP contribution in [-0.4, -0.2) is 12.0 Å². The molecule has 0 aliphatic heterocycles. The van der Waals surface area contributed by atoms with Crippen molar-refractivity contribution >= 4 is 23.4 Å². The molecule has 2 aromatic rings. The molecule has 0 saturated heterocycles. The van der Waals surface area contributed by atoms with E-state index in [2.05, 4.69) is 10.3 Å². The van der Waals surface area contributed by atoms with E-state index in [1.54, 1.807) is 25.2 Å². The summed E-state index contributed by atoms with van der Waals surface area (Å²) in [6.07, 6.45) is -2.92. The molecule has 112 valence electrons. The van der Waals surface area contributed by atoms with Gasteiger partial charge in [0.2, 0.25) is 0 Å². The largest absolute Gasteiger partial charge is 0.416 e. The molecule has 0 aliphatic carbocycles. The summed E-state index contributed by atoms with van der Waals surface area (Å²) >= 11 is 6.89. The van der Waals surface area contributed by atoms with Gasteiger partial charge in [0.1, 0.15) is 5.03 Å². The van der Waals surface area contributed by atoms with Crippen LogP contribution in [0.25, 0.3) is 0 Å². The average Bonchev–Trinajstić information content (AvgIpc) is 2.42. The fourth-order valence-electron chi connectivity index (χ4n) is 1.77. The second-order valence-corrected chi connectivity index (χ2v) is 5.79. The Morgan fingerprint density at radius 3 is 2.57 bits per heavy atom. The Balaban J connectivity index is 2.31. The van der Waals surface area contributed by atoms with E-state index in [1.165, 1.54) is 12.3 Å². The Hall–Kier alpha value is -1.24. The molecule has 1 heterocycles. The molecule has 0 unspecified atom stereocenters. The van der Waals surface area contributed by atoms with E-state index < -0.39 is 11.7 Å². The maximum atomic E-state index is 13.1. The third kappa shape index (κ3) is 4.36. The van der Waals surface area contributed by atoms with Crippen molar-refractivity contribution in [3.8, 4) is 0 Å². The van der Waals surface area contributed by atoms with Gasteiger partial charge in [0.15, 0.2) is 0 Å². The van der Waals surface area contributed by atoms with Crippen LogP contribution in [0.4, 0.5) is 13.2 Å². The van der Waals surface area contributed by atoms with Crippen molar-refractivity contribution < 1.29 is 13.2 Å². The molecular formula is C14H12ClF3N2S. The normalized spacial score (nSPS) is 11.7. The highest BCUT2D eigenvalue weighted by Crippen LogP contribution is 2.36. The van der Waals surface area contributed by atoms with E-state index in [-0.39, 0.29) is 12.1 Å². The van der Waals surface area contributed by atoms with Gasteiger partial charge in [-0.3, -0.25) is 0 Å². The highest BCUT2D eigenvalue weighted by molar-refractivity contribution is 7.99. The first kappa shape index (κ1) is 16.1. The molecule has 0 saturated carbocycles. The summed E-state index contributed by atoms with van der Waals surface area (Å²) in [4.78, 5) is 4.54. The number of pyridine rings is 1. The molecule has 0 spiro atoms. The Morgan fingerprint density at radius 1 is 1.24 bits per heavy atom. The summed E-state index contributed by atoms with van der Waals surface area (Å²) in [7, 11) is 1.61. The van der Waals surface area contributed by atoms with Gasteiger partial charge in [-0.1, -0.05) is 29.4 Å². The lowest BCUT2D eigenvalue weighted by Crippen LogP contribution is -2.14. The van der Waals surface area contributed by atoms with Crippen LogP contribution < -0.4 is 5.32 Å². The number of hydrogen-bond donors (Lipinski definition) is 1. The number of nitrogens with one attached hydrogen (secondary N) is 1. The lowest BCUT2D eigenvalue weighted by molar-refractivity contribution is -0.138. The smallest absolute Gasteiger partial charge is 0.316 e. The van der Waals surface area contributed by atoms with E-state index in [1.807, 2.05) is 0 Å². The number of alkyl halides is 3. The van der Waals surface area contributed by atoms with Gasteiger partial charge in [0.05, 0.1) is 10.6 Å². The van der Waals surface area contributed by atoms with Crippen molar-refractivity contribution in [1.29, 1.82) is 0 Å². The summed E-state index contributed by atoms with van der Waals surface area (Å²) in [5, 5.41) is 3.82. The van der Waals surface area contributed by atoms with Gasteiger partial charge in [0.25, 0.3) is 0 Å². The second-order valence-electron chi connectivity index (χ2n) is 4.26. The molecule has 0 radical (unpaired) electrons. The first-order chi connectivity index (χ1) is 9.90. The fourth-order valence-corrected chi connectivity index (χ4v) is 2.68. The minimum Gasteiger partial charge on any atom is -0.316 e. The zero-order valence-corrected chi connectivity index (χ0v) is 12.6. The van der Waals surface area contributed by atoms with Crippen molar-refractivity contribution in [3.05, 3.63) is 52.7 Å². The molecule has 1 aromatic heterocycles. The summed E-state index contributed by atoms with van der Waals surface area (Å²) in [6, 6.07) is 7.60. The molecule has 0 aliphatic rings. The monoisotopic (exact) mass is 332 g/mol. The van der Waals surface area contributed by atoms with E-state index in [4.69, 9.17) is 11.6 Å². The van der Waals surface area contributed by atoms with Gasteiger partial charge in [-0.15, -0.1) is 0 Å². The van der Waals surface area contributed by atoms with E-state index in [0.717, 1.165) is 17.8 Å². The third-order valence-corrected chi connectivity index (χ3v) is 3.84. The molecule has 7 heteroatoms. The summed E-state index contributed by atoms with van der Waals surface area (Å²) in [6.45, 7) is 0.166. The second kappa shape index (κ2) is 6.68. The minimum absolute atomic E-state index is 0.166. The topological polar surface area (TPSA) is 24.9 Å². The molecule has 0 amide bonds. The van der Waals surface area contributed by atoms with Crippen LogP contribution in [-0.2, 0) is 12.7 Å². The van der Waals surface area contributed by atoms with Crippen molar-refractivity contribution in [1.82, 2.24) is 10.3 Å². The van der Waals surface area contributed by atoms with E-state index >= 15 is 0 Å². The average molecular weight is 333 g/mol. The quantitative estimate of drug-likeness (QED) is 0.884. The molecule has 1 N–H and O–H groups in total. The maximum Gasteiger partial charge on any atom is 0.416 e. The summed E-state index contributed by atoms with van der Waals surface area (Å²) in [5.41, 5.74) is -0.408. The SMILES string of the molecule is CNCc1ccc(Sc2ccc(Cl)cn2)cc1C(F)(F)F. The summed E-state index contributed by atoms with van der Waals surface area (Å²) < 4.78 is 39.2. The molecule has 2 nitrogen and oxygen atoms in total. The number of halogens is 4. The van der Waals surface area contributed by atoms with E-state index in [0.29, 0.717) is 14.9 Å². The highest BCUT2D eigenvalue weighted by atomic mass is 35.5. The Labute approximate surface area is 129 Å². The van der Waals surface area contributed by atoms with Crippen LogP contribution in [0.1, 0.15) is 11.1 Å². The molecule has 0 fully saturated rings. The lowest BCUT2D eigenvalue weighted by atomic mass is 10.1. The third-order valence-electron chi connectivity index (χ3n) is 2.68. The number of hydrogen-bond acceptors (Lipinski definition) is 3. The summed E-state index contributed by atoms with van der Waals surface area (Å²) in [5.74, 6) is 0. The van der Waals surface area contributed by atoms with Gasteiger partial charge < -0.3 is 5.32 Å². The molecule has 1 aromatic carbocycles. The van der Waals surface area contributed by atoms with Crippen LogP contribution in [0.5, 0.6) is 0 Å². The molecular weight excluding hydrogens is 321 g/mol.